The first-order valence-corrected chi connectivity index (χ1v) is 6.15. The smallest absolute Gasteiger partial charge is 0.254 e. The Labute approximate surface area is 111 Å². The number of anilines is 1. The number of aromatic hydroxyl groups is 1. The van der Waals surface area contributed by atoms with Crippen molar-refractivity contribution in [3.05, 3.63) is 23.8 Å². The fourth-order valence-electron chi connectivity index (χ4n) is 2.29. The normalized spacial score (nSPS) is 18.4. The van der Waals surface area contributed by atoms with E-state index in [0.29, 0.717) is 18.5 Å². The third-order valence-corrected chi connectivity index (χ3v) is 3.34. The molecule has 19 heavy (non-hydrogen) atoms. The zero-order valence-electron chi connectivity index (χ0n) is 10.7. The Morgan fingerprint density at radius 2 is 2.21 bits per heavy atom. The molecular weight excluding hydrogens is 246 g/mol. The minimum atomic E-state index is -0.433. The van der Waals surface area contributed by atoms with Crippen LogP contribution < -0.4 is 11.1 Å². The van der Waals surface area contributed by atoms with Gasteiger partial charge in [0.15, 0.2) is 0 Å². The van der Waals surface area contributed by atoms with E-state index in [1.807, 2.05) is 0 Å². The second-order valence-corrected chi connectivity index (χ2v) is 4.54. The Morgan fingerprint density at radius 3 is 2.84 bits per heavy atom. The molecule has 0 spiro atoms. The molecule has 1 aliphatic rings. The molecule has 0 aromatic heterocycles. The highest BCUT2D eigenvalue weighted by molar-refractivity contribution is 5.98. The molecule has 0 radical (unpaired) electrons. The average Bonchev–Trinajstić information content (AvgIpc) is 2.89. The summed E-state index contributed by atoms with van der Waals surface area (Å²) in [6, 6.07) is 3.93. The number of hydrogen-bond acceptors (Lipinski definition) is 4. The Bertz CT molecular complexity index is 516. The van der Waals surface area contributed by atoms with Gasteiger partial charge in [0.2, 0.25) is 5.91 Å². The predicted molar refractivity (Wildman–Crippen MR) is 70.6 cm³/mol. The standard InChI is InChI=1S/C13H17N3O3/c1-15-12(18)10-3-2-6-16(10)13(19)8-4-5-9(14)11(17)7-8/h4-5,7,10,17H,2-3,6,14H2,1H3,(H,15,18). The first-order chi connectivity index (χ1) is 9.04. The van der Waals surface area contributed by atoms with Crippen LogP contribution in [0.25, 0.3) is 0 Å². The number of amides is 2. The topological polar surface area (TPSA) is 95.7 Å². The quantitative estimate of drug-likeness (QED) is 0.529. The number of hydrogen-bond donors (Lipinski definition) is 3. The predicted octanol–water partition coefficient (Wildman–Crippen LogP) is 0.325. The maximum absolute atomic E-state index is 12.3. The van der Waals surface area contributed by atoms with Crippen molar-refractivity contribution in [2.75, 3.05) is 19.3 Å². The van der Waals surface area contributed by atoms with E-state index in [0.717, 1.165) is 6.42 Å². The van der Waals surface area contributed by atoms with Crippen molar-refractivity contribution < 1.29 is 14.7 Å². The molecule has 1 aliphatic heterocycles. The lowest BCUT2D eigenvalue weighted by Crippen LogP contribution is -2.44. The van der Waals surface area contributed by atoms with E-state index in [-0.39, 0.29) is 23.3 Å². The number of likely N-dealkylation sites (tertiary alicyclic amines) is 1. The molecule has 0 aliphatic carbocycles. The molecule has 6 heteroatoms. The molecule has 102 valence electrons. The summed E-state index contributed by atoms with van der Waals surface area (Å²) in [4.78, 5) is 25.6. The number of likely N-dealkylation sites (N-methyl/N-ethyl adjacent to an activating group) is 1. The highest BCUT2D eigenvalue weighted by atomic mass is 16.3. The van der Waals surface area contributed by atoms with E-state index in [9.17, 15) is 14.7 Å². The molecule has 1 fully saturated rings. The van der Waals surface area contributed by atoms with Gasteiger partial charge < -0.3 is 21.1 Å². The number of nitrogens with two attached hydrogens (primary N) is 1. The second-order valence-electron chi connectivity index (χ2n) is 4.54. The van der Waals surface area contributed by atoms with E-state index in [2.05, 4.69) is 5.32 Å². The Balaban J connectivity index is 2.23. The third kappa shape index (κ3) is 2.47. The number of carbonyl (C=O) groups excluding carboxylic acids is 2. The molecule has 0 bridgehead atoms. The molecular formula is C13H17N3O3. The summed E-state index contributed by atoms with van der Waals surface area (Å²) in [7, 11) is 1.55. The number of nitrogen functional groups attached to an aromatic ring is 1. The van der Waals surface area contributed by atoms with Gasteiger partial charge in [0.25, 0.3) is 5.91 Å². The summed E-state index contributed by atoms with van der Waals surface area (Å²) >= 11 is 0. The van der Waals surface area contributed by atoms with Crippen LogP contribution >= 0.6 is 0 Å². The van der Waals surface area contributed by atoms with E-state index in [1.165, 1.54) is 17.0 Å². The Hall–Kier alpha value is -2.24. The highest BCUT2D eigenvalue weighted by Crippen LogP contribution is 2.25. The van der Waals surface area contributed by atoms with E-state index in [4.69, 9.17) is 5.73 Å². The molecule has 2 amide bonds. The summed E-state index contributed by atoms with van der Waals surface area (Å²) < 4.78 is 0. The lowest BCUT2D eigenvalue weighted by molar-refractivity contribution is -0.124. The van der Waals surface area contributed by atoms with Crippen LogP contribution in [0.3, 0.4) is 0 Å². The Kier molecular flexibility index (Phi) is 3.59. The van der Waals surface area contributed by atoms with Gasteiger partial charge >= 0.3 is 0 Å². The molecule has 1 aromatic carbocycles. The van der Waals surface area contributed by atoms with Crippen LogP contribution in [0.2, 0.25) is 0 Å². The van der Waals surface area contributed by atoms with Gasteiger partial charge in [0.1, 0.15) is 11.8 Å². The van der Waals surface area contributed by atoms with E-state index in [1.54, 1.807) is 13.1 Å². The van der Waals surface area contributed by atoms with Crippen molar-refractivity contribution in [3.8, 4) is 5.75 Å². The van der Waals surface area contributed by atoms with Crippen LogP contribution in [0.15, 0.2) is 18.2 Å². The Morgan fingerprint density at radius 1 is 1.47 bits per heavy atom. The van der Waals surface area contributed by atoms with Gasteiger partial charge in [0, 0.05) is 19.2 Å². The molecule has 1 unspecified atom stereocenters. The van der Waals surface area contributed by atoms with Gasteiger partial charge in [-0.2, -0.15) is 0 Å². The van der Waals surface area contributed by atoms with Crippen LogP contribution in [0, 0.1) is 0 Å². The number of nitrogens with one attached hydrogen (secondary N) is 1. The largest absolute Gasteiger partial charge is 0.506 e. The fourth-order valence-corrected chi connectivity index (χ4v) is 2.29. The minimum Gasteiger partial charge on any atom is -0.506 e. The summed E-state index contributed by atoms with van der Waals surface area (Å²) in [5, 5.41) is 12.1. The molecule has 0 saturated carbocycles. The lowest BCUT2D eigenvalue weighted by Gasteiger charge is -2.23. The molecule has 1 heterocycles. The summed E-state index contributed by atoms with van der Waals surface area (Å²) in [5.41, 5.74) is 6.06. The first-order valence-electron chi connectivity index (χ1n) is 6.15. The fraction of sp³-hybridized carbons (Fsp3) is 0.385. The van der Waals surface area contributed by atoms with Crippen LogP contribution in [-0.2, 0) is 4.79 Å². The number of carbonyl (C=O) groups is 2. The number of rotatable bonds is 2. The lowest BCUT2D eigenvalue weighted by atomic mass is 10.1. The van der Waals surface area contributed by atoms with Crippen molar-refractivity contribution in [2.24, 2.45) is 0 Å². The first kappa shape index (κ1) is 13.2. The number of phenols is 1. The van der Waals surface area contributed by atoms with Crippen molar-refractivity contribution in [2.45, 2.75) is 18.9 Å². The van der Waals surface area contributed by atoms with Crippen molar-refractivity contribution in [1.82, 2.24) is 10.2 Å². The average molecular weight is 263 g/mol. The molecule has 1 aromatic rings. The minimum absolute atomic E-state index is 0.124. The maximum atomic E-state index is 12.3. The molecule has 1 saturated heterocycles. The van der Waals surface area contributed by atoms with Gasteiger partial charge in [0.05, 0.1) is 5.69 Å². The van der Waals surface area contributed by atoms with Gasteiger partial charge in [-0.15, -0.1) is 0 Å². The number of nitrogens with zero attached hydrogens (tertiary/aromatic N) is 1. The van der Waals surface area contributed by atoms with Crippen LogP contribution in [0.5, 0.6) is 5.75 Å². The van der Waals surface area contributed by atoms with Gasteiger partial charge in [-0.05, 0) is 31.0 Å². The summed E-state index contributed by atoms with van der Waals surface area (Å²) in [5.74, 6) is -0.548. The zero-order valence-corrected chi connectivity index (χ0v) is 10.7. The summed E-state index contributed by atoms with van der Waals surface area (Å²) in [6.07, 6.45) is 1.46. The van der Waals surface area contributed by atoms with Crippen molar-refractivity contribution in [1.29, 1.82) is 0 Å². The van der Waals surface area contributed by atoms with Gasteiger partial charge in [-0.25, -0.2) is 0 Å². The molecule has 4 N–H and O–H groups in total. The third-order valence-electron chi connectivity index (χ3n) is 3.34. The van der Waals surface area contributed by atoms with E-state index >= 15 is 0 Å². The van der Waals surface area contributed by atoms with Gasteiger partial charge in [-0.1, -0.05) is 0 Å². The molecule has 6 nitrogen and oxygen atoms in total. The van der Waals surface area contributed by atoms with Crippen LogP contribution in [0.4, 0.5) is 5.69 Å². The maximum Gasteiger partial charge on any atom is 0.254 e. The van der Waals surface area contributed by atoms with Crippen molar-refractivity contribution in [3.63, 3.8) is 0 Å². The molecule has 2 rings (SSSR count). The van der Waals surface area contributed by atoms with Crippen molar-refractivity contribution >= 4 is 17.5 Å². The monoisotopic (exact) mass is 263 g/mol. The number of benzene rings is 1. The highest BCUT2D eigenvalue weighted by Gasteiger charge is 2.34. The van der Waals surface area contributed by atoms with Crippen LogP contribution in [-0.4, -0.2) is 41.5 Å². The van der Waals surface area contributed by atoms with Gasteiger partial charge in [-0.3, -0.25) is 9.59 Å². The zero-order chi connectivity index (χ0) is 14.0. The number of phenolic OH excluding ortho intramolecular Hbond substituents is 1. The SMILES string of the molecule is CNC(=O)C1CCCN1C(=O)c1ccc(N)c(O)c1. The summed E-state index contributed by atoms with van der Waals surface area (Å²) in [6.45, 7) is 0.544. The van der Waals surface area contributed by atoms with Crippen LogP contribution in [0.1, 0.15) is 23.2 Å². The van der Waals surface area contributed by atoms with E-state index < -0.39 is 6.04 Å². The molecule has 1 atom stereocenters. The second kappa shape index (κ2) is 5.17.